The van der Waals surface area contributed by atoms with E-state index < -0.39 is 23.3 Å². The molecule has 0 radical (unpaired) electrons. The number of carbonyl (C=O) groups is 4. The van der Waals surface area contributed by atoms with Crippen molar-refractivity contribution in [1.82, 2.24) is 25.5 Å². The summed E-state index contributed by atoms with van der Waals surface area (Å²) < 4.78 is 30.6. The summed E-state index contributed by atoms with van der Waals surface area (Å²) in [6.45, 7) is 2.08. The number of hydrogen-bond donors (Lipinski definition) is 4. The van der Waals surface area contributed by atoms with E-state index >= 15 is 8.78 Å². The van der Waals surface area contributed by atoms with Crippen LogP contribution in [0.5, 0.6) is 0 Å². The normalized spacial score (nSPS) is 24.6. The summed E-state index contributed by atoms with van der Waals surface area (Å²) in [7, 11) is 0. The average molecular weight is 797 g/mol. The van der Waals surface area contributed by atoms with Crippen LogP contribution in [0.1, 0.15) is 114 Å². The molecule has 0 bridgehead atoms. The van der Waals surface area contributed by atoms with Gasteiger partial charge in [0.25, 0.3) is 0 Å². The van der Waals surface area contributed by atoms with Crippen LogP contribution in [0.15, 0.2) is 48.7 Å². The summed E-state index contributed by atoms with van der Waals surface area (Å²) >= 11 is 0. The van der Waals surface area contributed by atoms with Gasteiger partial charge < -0.3 is 20.9 Å². The molecule has 2 saturated carbocycles. The fourth-order valence-electron chi connectivity index (χ4n) is 9.85. The number of imide groups is 1. The second-order valence-electron chi connectivity index (χ2n) is 16.8. The third-order valence-electron chi connectivity index (χ3n) is 13.1. The summed E-state index contributed by atoms with van der Waals surface area (Å²) in [5.74, 6) is -0.945. The van der Waals surface area contributed by atoms with E-state index in [-0.39, 0.29) is 53.7 Å². The highest BCUT2D eigenvalue weighted by Gasteiger charge is 2.46. The van der Waals surface area contributed by atoms with Gasteiger partial charge >= 0.3 is 0 Å². The minimum Gasteiger partial charge on any atom is -0.374 e. The number of anilines is 3. The predicted octanol–water partition coefficient (Wildman–Crippen LogP) is 6.58. The van der Waals surface area contributed by atoms with Crippen LogP contribution in [0.25, 0.3) is 11.3 Å². The molecular weight excluding hydrogens is 743 g/mol. The lowest BCUT2D eigenvalue weighted by Gasteiger charge is -2.48. The van der Waals surface area contributed by atoms with E-state index in [1.54, 1.807) is 23.1 Å². The number of piperidine rings is 3. The maximum Gasteiger partial charge on any atom is 0.249 e. The Bertz CT molecular complexity index is 2010. The first-order valence-electron chi connectivity index (χ1n) is 21.3. The molecule has 4 amide bonds. The Hall–Kier alpha value is -4.98. The van der Waals surface area contributed by atoms with Crippen molar-refractivity contribution in [3.63, 3.8) is 0 Å². The van der Waals surface area contributed by atoms with Gasteiger partial charge in [-0.2, -0.15) is 0 Å². The lowest BCUT2D eigenvalue weighted by molar-refractivity contribution is -0.138. The Balaban J connectivity index is 0.847. The number of amides is 4. The van der Waals surface area contributed by atoms with Crippen molar-refractivity contribution in [2.45, 2.75) is 132 Å². The van der Waals surface area contributed by atoms with E-state index in [4.69, 9.17) is 0 Å². The summed E-state index contributed by atoms with van der Waals surface area (Å²) in [6.07, 6.45) is 13.6. The molecule has 0 spiro atoms. The smallest absolute Gasteiger partial charge is 0.249 e. The molecule has 1 atom stereocenters. The first-order valence-corrected chi connectivity index (χ1v) is 21.3. The van der Waals surface area contributed by atoms with Crippen LogP contribution in [-0.4, -0.2) is 81.8 Å². The van der Waals surface area contributed by atoms with E-state index in [9.17, 15) is 19.2 Å². The van der Waals surface area contributed by atoms with Crippen LogP contribution in [-0.2, 0) is 19.2 Å². The monoisotopic (exact) mass is 796 g/mol. The van der Waals surface area contributed by atoms with Crippen LogP contribution in [0.4, 0.5) is 26.1 Å². The van der Waals surface area contributed by atoms with E-state index in [0.29, 0.717) is 55.2 Å². The number of benzene rings is 2. The first kappa shape index (κ1) is 39.8. The minimum atomic E-state index is -0.574. The standard InChI is InChI=1S/C44H54F2N8O4/c45-35-26-32(48-37-16-17-38(55)51-41(37)57)14-15-34(35)28-18-23-53(24-19-28)44(20-3-1-4-21-44)42(58)49-30-10-12-31(13-11-30)50-43-47-27-36(46)40(52-43)29-7-6-8-33(25-29)54-22-5-2-9-39(54)56/h6-8,14-15,25-28,30-31,37,48H,1-5,9-13,16-24H2,(H,49,58)(H,47,50,52)(H,51,55,57). The molecule has 4 N–H and O–H groups in total. The number of likely N-dealkylation sites (tertiary alicyclic amines) is 1. The van der Waals surface area contributed by atoms with Crippen LogP contribution in [0.3, 0.4) is 0 Å². The predicted molar refractivity (Wildman–Crippen MR) is 217 cm³/mol. The molecule has 14 heteroatoms. The van der Waals surface area contributed by atoms with Crippen molar-refractivity contribution in [1.29, 1.82) is 0 Å². The number of aromatic nitrogens is 2. The lowest BCUT2D eigenvalue weighted by atomic mass is 9.76. The van der Waals surface area contributed by atoms with Gasteiger partial charge in [0.2, 0.25) is 29.6 Å². The number of nitrogens with zero attached hydrogens (tertiary/aromatic N) is 4. The summed E-state index contributed by atoms with van der Waals surface area (Å²) in [5.41, 5.74) is 2.13. The van der Waals surface area contributed by atoms with Crippen molar-refractivity contribution >= 4 is 41.0 Å². The Kier molecular flexibility index (Phi) is 12.0. The zero-order valence-corrected chi connectivity index (χ0v) is 33.0. The van der Waals surface area contributed by atoms with Crippen LogP contribution in [0.2, 0.25) is 0 Å². The topological polar surface area (TPSA) is 149 Å². The Morgan fingerprint density at radius 2 is 1.57 bits per heavy atom. The van der Waals surface area contributed by atoms with Crippen LogP contribution >= 0.6 is 0 Å². The quantitative estimate of drug-likeness (QED) is 0.167. The fraction of sp³-hybridized carbons (Fsp3) is 0.545. The Morgan fingerprint density at radius 1 is 0.793 bits per heavy atom. The summed E-state index contributed by atoms with van der Waals surface area (Å²) in [5, 5.41) is 12.3. The van der Waals surface area contributed by atoms with Gasteiger partial charge in [-0.3, -0.25) is 29.4 Å². The van der Waals surface area contributed by atoms with Crippen molar-refractivity contribution in [2.75, 3.05) is 35.2 Å². The summed E-state index contributed by atoms with van der Waals surface area (Å²) in [4.78, 5) is 63.5. The zero-order valence-electron chi connectivity index (χ0n) is 33.0. The molecule has 8 rings (SSSR count). The van der Waals surface area contributed by atoms with E-state index in [1.807, 2.05) is 18.2 Å². The lowest BCUT2D eigenvalue weighted by Crippen LogP contribution is -2.62. The molecule has 4 heterocycles. The maximum absolute atomic E-state index is 15.5. The number of nitrogens with one attached hydrogen (secondary N) is 4. The molecule has 1 unspecified atom stereocenters. The van der Waals surface area contributed by atoms with Gasteiger partial charge in [-0.05, 0) is 119 Å². The number of halogens is 2. The first-order chi connectivity index (χ1) is 28.1. The van der Waals surface area contributed by atoms with Gasteiger partial charge in [-0.1, -0.05) is 37.5 Å². The van der Waals surface area contributed by atoms with Gasteiger partial charge in [0.05, 0.1) is 6.20 Å². The molecular formula is C44H54F2N8O4. The minimum absolute atomic E-state index is 0.0314. The molecule has 5 fully saturated rings. The molecule has 1 aromatic heterocycles. The third-order valence-corrected chi connectivity index (χ3v) is 13.1. The largest absolute Gasteiger partial charge is 0.374 e. The third kappa shape index (κ3) is 8.72. The molecule has 3 aliphatic heterocycles. The fourth-order valence-corrected chi connectivity index (χ4v) is 9.85. The molecule has 12 nitrogen and oxygen atoms in total. The zero-order chi connectivity index (χ0) is 40.2. The van der Waals surface area contributed by atoms with Gasteiger partial charge in [-0.15, -0.1) is 0 Å². The van der Waals surface area contributed by atoms with Crippen molar-refractivity contribution in [3.05, 3.63) is 65.9 Å². The molecule has 3 saturated heterocycles. The molecule has 58 heavy (non-hydrogen) atoms. The highest BCUT2D eigenvalue weighted by molar-refractivity contribution is 6.01. The van der Waals surface area contributed by atoms with Crippen molar-refractivity contribution < 1.29 is 28.0 Å². The van der Waals surface area contributed by atoms with Crippen LogP contribution in [0, 0.1) is 11.6 Å². The van der Waals surface area contributed by atoms with E-state index in [1.165, 1.54) is 12.3 Å². The molecule has 5 aliphatic rings. The van der Waals surface area contributed by atoms with Gasteiger partial charge in [0.1, 0.15) is 23.1 Å². The van der Waals surface area contributed by atoms with Crippen LogP contribution < -0.4 is 26.2 Å². The molecule has 2 aliphatic carbocycles. The van der Waals surface area contributed by atoms with Crippen molar-refractivity contribution in [2.24, 2.45) is 0 Å². The second-order valence-corrected chi connectivity index (χ2v) is 16.8. The average Bonchev–Trinajstić information content (AvgIpc) is 3.24. The molecule has 2 aromatic carbocycles. The van der Waals surface area contributed by atoms with E-state index in [2.05, 4.69) is 36.1 Å². The Labute approximate surface area is 338 Å². The number of carbonyl (C=O) groups excluding carboxylic acids is 4. The highest BCUT2D eigenvalue weighted by atomic mass is 19.1. The second kappa shape index (κ2) is 17.5. The van der Waals surface area contributed by atoms with Gasteiger partial charge in [0.15, 0.2) is 5.82 Å². The van der Waals surface area contributed by atoms with Crippen molar-refractivity contribution in [3.8, 4) is 11.3 Å². The van der Waals surface area contributed by atoms with Gasteiger partial charge in [-0.25, -0.2) is 18.7 Å². The number of hydrogen-bond acceptors (Lipinski definition) is 9. The SMILES string of the molecule is O=C1CCC(Nc2ccc(C3CCN(C4(C(=O)NC5CCC(Nc6ncc(F)c(-c7cccc(N8CCCCC8=O)c7)n6)CC5)CCCCC4)CC3)c(F)c2)C(=O)N1. The van der Waals surface area contributed by atoms with E-state index in [0.717, 1.165) is 89.2 Å². The Morgan fingerprint density at radius 3 is 2.31 bits per heavy atom. The highest BCUT2D eigenvalue weighted by Crippen LogP contribution is 2.40. The maximum atomic E-state index is 15.5. The molecule has 308 valence electrons. The van der Waals surface area contributed by atoms with Gasteiger partial charge in [0, 0.05) is 48.4 Å². The number of rotatable bonds is 10. The summed E-state index contributed by atoms with van der Waals surface area (Å²) in [6, 6.07) is 11.9. The molecule has 3 aromatic rings.